The van der Waals surface area contributed by atoms with E-state index in [-0.39, 0.29) is 16.8 Å². The van der Waals surface area contributed by atoms with Gasteiger partial charge in [-0.05, 0) is 37.0 Å². The lowest BCUT2D eigenvalue weighted by Crippen LogP contribution is -2.48. The van der Waals surface area contributed by atoms with Crippen molar-refractivity contribution in [3.63, 3.8) is 0 Å². The van der Waals surface area contributed by atoms with Gasteiger partial charge in [0.25, 0.3) is 0 Å². The van der Waals surface area contributed by atoms with Gasteiger partial charge in [-0.3, -0.25) is 4.79 Å². The van der Waals surface area contributed by atoms with Crippen molar-refractivity contribution in [1.82, 2.24) is 10.0 Å². The molecule has 1 atom stereocenters. The van der Waals surface area contributed by atoms with E-state index in [2.05, 4.69) is 10.0 Å². The van der Waals surface area contributed by atoms with Crippen LogP contribution in [-0.2, 0) is 21.2 Å². The summed E-state index contributed by atoms with van der Waals surface area (Å²) >= 11 is 0. The number of nitrogens with one attached hydrogen (secondary N) is 2. The molecule has 0 saturated heterocycles. The summed E-state index contributed by atoms with van der Waals surface area (Å²) in [6.07, 6.45) is 2.22. The minimum absolute atomic E-state index is 0.155. The number of carbonyl (C=O) groups is 1. The van der Waals surface area contributed by atoms with Gasteiger partial charge in [-0.15, -0.1) is 0 Å². The van der Waals surface area contributed by atoms with Crippen LogP contribution in [0, 0.1) is 0 Å². The highest BCUT2D eigenvalue weighted by Crippen LogP contribution is 2.19. The number of amides is 1. The molecular formula is C18H20N2O3S. The molecule has 1 saturated carbocycles. The van der Waals surface area contributed by atoms with Crippen LogP contribution in [0.3, 0.4) is 0 Å². The van der Waals surface area contributed by atoms with Gasteiger partial charge in [0, 0.05) is 6.04 Å². The fourth-order valence-corrected chi connectivity index (χ4v) is 3.64. The van der Waals surface area contributed by atoms with Crippen LogP contribution in [0.2, 0.25) is 0 Å². The van der Waals surface area contributed by atoms with Crippen LogP contribution in [0.15, 0.2) is 65.6 Å². The summed E-state index contributed by atoms with van der Waals surface area (Å²) in [7, 11) is -3.75. The smallest absolute Gasteiger partial charge is 0.241 e. The molecule has 0 unspecified atom stereocenters. The van der Waals surface area contributed by atoms with Crippen LogP contribution in [0.1, 0.15) is 18.4 Å². The average Bonchev–Trinajstić information content (AvgIpc) is 3.40. The van der Waals surface area contributed by atoms with Crippen LogP contribution in [0.4, 0.5) is 0 Å². The maximum Gasteiger partial charge on any atom is 0.241 e. The molecule has 24 heavy (non-hydrogen) atoms. The molecule has 1 aliphatic carbocycles. The molecule has 1 fully saturated rings. The number of sulfonamides is 1. The van der Waals surface area contributed by atoms with Gasteiger partial charge in [-0.25, -0.2) is 8.42 Å². The van der Waals surface area contributed by atoms with Crippen LogP contribution in [-0.4, -0.2) is 26.4 Å². The molecule has 0 radical (unpaired) electrons. The lowest BCUT2D eigenvalue weighted by Gasteiger charge is -2.18. The number of carbonyl (C=O) groups excluding carboxylic acids is 1. The van der Waals surface area contributed by atoms with E-state index in [1.54, 1.807) is 18.2 Å². The maximum atomic E-state index is 12.5. The predicted molar refractivity (Wildman–Crippen MR) is 91.9 cm³/mol. The van der Waals surface area contributed by atoms with E-state index in [9.17, 15) is 13.2 Å². The number of rotatable bonds is 7. The summed E-state index contributed by atoms with van der Waals surface area (Å²) in [5.41, 5.74) is 0.907. The van der Waals surface area contributed by atoms with Crippen molar-refractivity contribution < 1.29 is 13.2 Å². The van der Waals surface area contributed by atoms with Crippen molar-refractivity contribution in [2.45, 2.75) is 36.2 Å². The molecule has 0 aromatic heterocycles. The first-order valence-corrected chi connectivity index (χ1v) is 9.44. The number of benzene rings is 2. The normalized spacial score (nSPS) is 15.7. The van der Waals surface area contributed by atoms with Crippen molar-refractivity contribution in [1.29, 1.82) is 0 Å². The molecule has 0 bridgehead atoms. The molecule has 5 nitrogen and oxygen atoms in total. The van der Waals surface area contributed by atoms with Gasteiger partial charge in [-0.2, -0.15) is 4.72 Å². The third kappa shape index (κ3) is 4.43. The van der Waals surface area contributed by atoms with E-state index in [4.69, 9.17) is 0 Å². The Kier molecular flexibility index (Phi) is 4.97. The van der Waals surface area contributed by atoms with Crippen molar-refractivity contribution >= 4 is 15.9 Å². The van der Waals surface area contributed by atoms with Crippen LogP contribution in [0.25, 0.3) is 0 Å². The van der Waals surface area contributed by atoms with Gasteiger partial charge < -0.3 is 5.32 Å². The fraction of sp³-hybridized carbons (Fsp3) is 0.278. The van der Waals surface area contributed by atoms with Crippen molar-refractivity contribution in [3.05, 3.63) is 66.2 Å². The molecule has 0 spiro atoms. The Morgan fingerprint density at radius 1 is 1.00 bits per heavy atom. The molecule has 6 heteroatoms. The highest BCUT2D eigenvalue weighted by atomic mass is 32.2. The fourth-order valence-electron chi connectivity index (χ4n) is 2.42. The van der Waals surface area contributed by atoms with Gasteiger partial charge in [0.05, 0.1) is 4.90 Å². The molecule has 1 aliphatic rings. The molecule has 2 aromatic rings. The zero-order valence-electron chi connectivity index (χ0n) is 13.2. The Bertz CT molecular complexity index is 788. The topological polar surface area (TPSA) is 75.3 Å². The van der Waals surface area contributed by atoms with E-state index in [0.717, 1.165) is 18.4 Å². The molecule has 126 valence electrons. The number of hydrogen-bond donors (Lipinski definition) is 2. The standard InChI is InChI=1S/C18H20N2O3S/c21-18(19-15-11-12-15)17(13-14-7-3-1-4-8-14)20-24(22,23)16-9-5-2-6-10-16/h1-10,15,17,20H,11-13H2,(H,19,21)/t17-/m1/s1. The Balaban J connectivity index is 1.79. The van der Waals surface area contributed by atoms with Gasteiger partial charge >= 0.3 is 0 Å². The van der Waals surface area contributed by atoms with Crippen LogP contribution in [0.5, 0.6) is 0 Å². The summed E-state index contributed by atoms with van der Waals surface area (Å²) in [6, 6.07) is 16.8. The van der Waals surface area contributed by atoms with Crippen molar-refractivity contribution in [2.24, 2.45) is 0 Å². The molecule has 0 aliphatic heterocycles. The van der Waals surface area contributed by atoms with E-state index >= 15 is 0 Å². The summed E-state index contributed by atoms with van der Waals surface area (Å²) in [5.74, 6) is -0.277. The summed E-state index contributed by atoms with van der Waals surface area (Å²) in [5, 5.41) is 2.88. The van der Waals surface area contributed by atoms with E-state index in [0.29, 0.717) is 6.42 Å². The van der Waals surface area contributed by atoms with Crippen molar-refractivity contribution in [3.8, 4) is 0 Å². The maximum absolute atomic E-state index is 12.5. The van der Waals surface area contributed by atoms with Crippen molar-refractivity contribution in [2.75, 3.05) is 0 Å². The zero-order chi connectivity index (χ0) is 17.0. The van der Waals surface area contributed by atoms with Gasteiger partial charge in [0.1, 0.15) is 6.04 Å². The molecule has 0 heterocycles. The third-order valence-electron chi connectivity index (χ3n) is 3.87. The monoisotopic (exact) mass is 344 g/mol. The quantitative estimate of drug-likeness (QED) is 0.805. The predicted octanol–water partition coefficient (Wildman–Crippen LogP) is 1.85. The van der Waals surface area contributed by atoms with Crippen LogP contribution >= 0.6 is 0 Å². The Morgan fingerprint density at radius 3 is 2.17 bits per heavy atom. The lowest BCUT2D eigenvalue weighted by atomic mass is 10.1. The lowest BCUT2D eigenvalue weighted by molar-refractivity contribution is -0.122. The minimum atomic E-state index is -3.75. The molecular weight excluding hydrogens is 324 g/mol. The molecule has 1 amide bonds. The molecule has 2 N–H and O–H groups in total. The second-order valence-electron chi connectivity index (χ2n) is 5.96. The molecule has 2 aromatic carbocycles. The summed E-state index contributed by atoms with van der Waals surface area (Å²) in [6.45, 7) is 0. The summed E-state index contributed by atoms with van der Waals surface area (Å²) in [4.78, 5) is 12.6. The zero-order valence-corrected chi connectivity index (χ0v) is 14.0. The highest BCUT2D eigenvalue weighted by Gasteiger charge is 2.30. The largest absolute Gasteiger partial charge is 0.352 e. The first-order valence-electron chi connectivity index (χ1n) is 7.96. The average molecular weight is 344 g/mol. The highest BCUT2D eigenvalue weighted by molar-refractivity contribution is 7.89. The molecule has 3 rings (SSSR count). The van der Waals surface area contributed by atoms with Gasteiger partial charge in [0.2, 0.25) is 15.9 Å². The second-order valence-corrected chi connectivity index (χ2v) is 7.67. The van der Waals surface area contributed by atoms with E-state index < -0.39 is 16.1 Å². The first kappa shape index (κ1) is 16.7. The Hall–Kier alpha value is -2.18. The van der Waals surface area contributed by atoms with Crippen LogP contribution < -0.4 is 10.0 Å². The first-order chi connectivity index (χ1) is 11.5. The SMILES string of the molecule is O=C(NC1CC1)[C@@H](Cc1ccccc1)NS(=O)(=O)c1ccccc1. The number of hydrogen-bond acceptors (Lipinski definition) is 3. The minimum Gasteiger partial charge on any atom is -0.352 e. The third-order valence-corrected chi connectivity index (χ3v) is 5.36. The van der Waals surface area contributed by atoms with E-state index in [1.165, 1.54) is 12.1 Å². The Labute approximate surface area is 142 Å². The van der Waals surface area contributed by atoms with E-state index in [1.807, 2.05) is 30.3 Å². The second kappa shape index (κ2) is 7.15. The Morgan fingerprint density at radius 2 is 1.58 bits per heavy atom. The summed E-state index contributed by atoms with van der Waals surface area (Å²) < 4.78 is 27.6. The van der Waals surface area contributed by atoms with Gasteiger partial charge in [-0.1, -0.05) is 48.5 Å². The van der Waals surface area contributed by atoms with Gasteiger partial charge in [0.15, 0.2) is 0 Å².